The highest BCUT2D eigenvalue weighted by atomic mass is 32.1. The van der Waals surface area contributed by atoms with Crippen molar-refractivity contribution in [3.63, 3.8) is 0 Å². The van der Waals surface area contributed by atoms with Gasteiger partial charge in [-0.2, -0.15) is 5.10 Å². The number of aromatic nitrogens is 4. The molecular weight excluding hydrogens is 408 g/mol. The highest BCUT2D eigenvalue weighted by molar-refractivity contribution is 7.11. The molecule has 4 heterocycles. The molecule has 0 saturated carbocycles. The number of pyridine rings is 1. The summed E-state index contributed by atoms with van der Waals surface area (Å²) in [4.78, 5) is 27.7. The summed E-state index contributed by atoms with van der Waals surface area (Å²) >= 11 is 1.92. The molecule has 1 aliphatic heterocycles. The van der Waals surface area contributed by atoms with Crippen molar-refractivity contribution in [1.82, 2.24) is 29.5 Å². The highest BCUT2D eigenvalue weighted by Crippen LogP contribution is 2.27. The quantitative estimate of drug-likeness (QED) is 0.591. The summed E-state index contributed by atoms with van der Waals surface area (Å²) in [6.45, 7) is 6.55. The maximum absolute atomic E-state index is 12.3. The van der Waals surface area contributed by atoms with Gasteiger partial charge in [-0.05, 0) is 43.9 Å². The molecule has 0 spiro atoms. The second kappa shape index (κ2) is 9.38. The molecule has 0 bridgehead atoms. The molecule has 7 nitrogen and oxygen atoms in total. The average Bonchev–Trinajstić information content (AvgIpc) is 3.22. The second-order valence-corrected chi connectivity index (χ2v) is 9.49. The molecule has 0 amide bonds. The SMILES string of the molecule is O=c1ccc(-c2ccncc2)nn1CCN1CCN(Cc2nc3c(s2)CCCC3)CC1. The van der Waals surface area contributed by atoms with Gasteiger partial charge in [0.25, 0.3) is 5.56 Å². The van der Waals surface area contributed by atoms with Gasteiger partial charge in [0.05, 0.1) is 24.5 Å². The second-order valence-electron chi connectivity index (χ2n) is 8.32. The Bertz CT molecular complexity index is 1050. The van der Waals surface area contributed by atoms with Crippen molar-refractivity contribution in [2.45, 2.75) is 38.8 Å². The smallest absolute Gasteiger partial charge is 0.266 e. The number of rotatable bonds is 6. The summed E-state index contributed by atoms with van der Waals surface area (Å²) < 4.78 is 1.59. The van der Waals surface area contributed by atoms with Crippen LogP contribution in [0.3, 0.4) is 0 Å². The van der Waals surface area contributed by atoms with E-state index in [1.165, 1.54) is 34.8 Å². The summed E-state index contributed by atoms with van der Waals surface area (Å²) in [5.41, 5.74) is 3.08. The lowest BCUT2D eigenvalue weighted by Gasteiger charge is -2.34. The van der Waals surface area contributed by atoms with Gasteiger partial charge < -0.3 is 0 Å². The molecular formula is C23H28N6OS. The number of aryl methyl sites for hydroxylation is 2. The zero-order chi connectivity index (χ0) is 21.0. The van der Waals surface area contributed by atoms with E-state index >= 15 is 0 Å². The Morgan fingerprint density at radius 2 is 1.68 bits per heavy atom. The average molecular weight is 437 g/mol. The van der Waals surface area contributed by atoms with Crippen LogP contribution in [0.4, 0.5) is 0 Å². The van der Waals surface area contributed by atoms with E-state index in [1.807, 2.05) is 23.5 Å². The third-order valence-electron chi connectivity index (χ3n) is 6.18. The molecule has 5 rings (SSSR count). The summed E-state index contributed by atoms with van der Waals surface area (Å²) in [7, 11) is 0. The lowest BCUT2D eigenvalue weighted by atomic mass is 10.0. The number of fused-ring (bicyclic) bond motifs is 1. The van der Waals surface area contributed by atoms with Crippen LogP contribution in [0, 0.1) is 0 Å². The predicted octanol–water partition coefficient (Wildman–Crippen LogP) is 2.46. The maximum atomic E-state index is 12.3. The van der Waals surface area contributed by atoms with Gasteiger partial charge in [0.15, 0.2) is 0 Å². The summed E-state index contributed by atoms with van der Waals surface area (Å²) in [6, 6.07) is 7.21. The Kier molecular flexibility index (Phi) is 6.20. The van der Waals surface area contributed by atoms with Gasteiger partial charge in [-0.15, -0.1) is 11.3 Å². The zero-order valence-corrected chi connectivity index (χ0v) is 18.6. The van der Waals surface area contributed by atoms with Crippen molar-refractivity contribution in [2.75, 3.05) is 32.7 Å². The standard InChI is InChI=1S/C23H28N6OS/c30-23-6-5-19(18-7-9-24-10-8-18)26-29(23)16-15-27-11-13-28(14-12-27)17-22-25-20-3-1-2-4-21(20)31-22/h5-10H,1-4,11-17H2. The first-order valence-electron chi connectivity index (χ1n) is 11.2. The van der Waals surface area contributed by atoms with E-state index in [9.17, 15) is 4.79 Å². The van der Waals surface area contributed by atoms with Crippen LogP contribution in [0.25, 0.3) is 11.3 Å². The summed E-state index contributed by atoms with van der Waals surface area (Å²) in [5.74, 6) is 0. The third kappa shape index (κ3) is 4.92. The van der Waals surface area contributed by atoms with Crippen molar-refractivity contribution in [3.05, 3.63) is 62.6 Å². The molecule has 3 aromatic heterocycles. The Labute approximate surface area is 186 Å². The van der Waals surface area contributed by atoms with E-state index in [0.717, 1.165) is 56.9 Å². The van der Waals surface area contributed by atoms with Crippen LogP contribution in [-0.4, -0.2) is 62.3 Å². The van der Waals surface area contributed by atoms with Crippen molar-refractivity contribution < 1.29 is 0 Å². The van der Waals surface area contributed by atoms with Gasteiger partial charge in [0.2, 0.25) is 0 Å². The van der Waals surface area contributed by atoms with Gasteiger partial charge in [-0.3, -0.25) is 19.6 Å². The molecule has 1 saturated heterocycles. The van der Waals surface area contributed by atoms with Crippen molar-refractivity contribution in [2.24, 2.45) is 0 Å². The predicted molar refractivity (Wildman–Crippen MR) is 122 cm³/mol. The largest absolute Gasteiger partial charge is 0.299 e. The minimum Gasteiger partial charge on any atom is -0.299 e. The van der Waals surface area contributed by atoms with E-state index in [-0.39, 0.29) is 5.56 Å². The molecule has 0 radical (unpaired) electrons. The van der Waals surface area contributed by atoms with Crippen LogP contribution in [0.5, 0.6) is 0 Å². The Morgan fingerprint density at radius 1 is 0.903 bits per heavy atom. The van der Waals surface area contributed by atoms with Crippen LogP contribution in [0.1, 0.15) is 28.4 Å². The molecule has 31 heavy (non-hydrogen) atoms. The number of hydrogen-bond acceptors (Lipinski definition) is 7. The van der Waals surface area contributed by atoms with E-state index in [4.69, 9.17) is 4.98 Å². The van der Waals surface area contributed by atoms with E-state index in [1.54, 1.807) is 29.2 Å². The Hall–Kier alpha value is -2.42. The Morgan fingerprint density at radius 3 is 2.48 bits per heavy atom. The van der Waals surface area contributed by atoms with Crippen LogP contribution in [-0.2, 0) is 25.9 Å². The number of nitrogens with zero attached hydrogens (tertiary/aromatic N) is 6. The molecule has 8 heteroatoms. The van der Waals surface area contributed by atoms with Crippen molar-refractivity contribution >= 4 is 11.3 Å². The van der Waals surface area contributed by atoms with E-state index in [2.05, 4.69) is 19.9 Å². The monoisotopic (exact) mass is 436 g/mol. The van der Waals surface area contributed by atoms with Crippen LogP contribution >= 0.6 is 11.3 Å². The van der Waals surface area contributed by atoms with Gasteiger partial charge >= 0.3 is 0 Å². The minimum atomic E-state index is -0.0517. The first-order chi connectivity index (χ1) is 15.2. The maximum Gasteiger partial charge on any atom is 0.266 e. The van der Waals surface area contributed by atoms with Crippen LogP contribution in [0.2, 0.25) is 0 Å². The fourth-order valence-corrected chi connectivity index (χ4v) is 5.56. The number of thiazole rings is 1. The third-order valence-corrected chi connectivity index (χ3v) is 7.33. The molecule has 0 aromatic carbocycles. The first-order valence-corrected chi connectivity index (χ1v) is 12.0. The van der Waals surface area contributed by atoms with E-state index < -0.39 is 0 Å². The topological polar surface area (TPSA) is 67.2 Å². The normalized spacial score (nSPS) is 17.5. The first kappa shape index (κ1) is 20.5. The van der Waals surface area contributed by atoms with Crippen LogP contribution in [0.15, 0.2) is 41.5 Å². The van der Waals surface area contributed by atoms with Crippen molar-refractivity contribution in [1.29, 1.82) is 0 Å². The van der Waals surface area contributed by atoms with E-state index in [0.29, 0.717) is 6.54 Å². The molecule has 3 aromatic rings. The lowest BCUT2D eigenvalue weighted by Crippen LogP contribution is -2.47. The Balaban J connectivity index is 1.14. The van der Waals surface area contributed by atoms with Gasteiger partial charge in [0.1, 0.15) is 5.01 Å². The van der Waals surface area contributed by atoms with Crippen molar-refractivity contribution in [3.8, 4) is 11.3 Å². The summed E-state index contributed by atoms with van der Waals surface area (Å²) in [5, 5.41) is 5.84. The molecule has 0 N–H and O–H groups in total. The highest BCUT2D eigenvalue weighted by Gasteiger charge is 2.20. The van der Waals surface area contributed by atoms with Crippen LogP contribution < -0.4 is 5.56 Å². The fourth-order valence-electron chi connectivity index (χ4n) is 4.36. The summed E-state index contributed by atoms with van der Waals surface area (Å²) in [6.07, 6.45) is 8.47. The molecule has 1 fully saturated rings. The lowest BCUT2D eigenvalue weighted by molar-refractivity contribution is 0.122. The molecule has 2 aliphatic rings. The fraction of sp³-hybridized carbons (Fsp3) is 0.478. The number of hydrogen-bond donors (Lipinski definition) is 0. The molecule has 162 valence electrons. The van der Waals surface area contributed by atoms with Gasteiger partial charge in [-0.1, -0.05) is 0 Å². The van der Waals surface area contributed by atoms with Gasteiger partial charge in [-0.25, -0.2) is 9.67 Å². The molecule has 1 aliphatic carbocycles. The number of piperazine rings is 1. The molecule has 0 atom stereocenters. The van der Waals surface area contributed by atoms with Gasteiger partial charge in [0, 0.05) is 61.6 Å². The minimum absolute atomic E-state index is 0.0517. The molecule has 0 unspecified atom stereocenters. The zero-order valence-electron chi connectivity index (χ0n) is 17.7.